The van der Waals surface area contributed by atoms with E-state index in [4.69, 9.17) is 16.7 Å². The van der Waals surface area contributed by atoms with Gasteiger partial charge in [-0.3, -0.25) is 0 Å². The molecular weight excluding hydrogens is 392 g/mol. The van der Waals surface area contributed by atoms with Crippen molar-refractivity contribution in [3.8, 4) is 0 Å². The van der Waals surface area contributed by atoms with Crippen LogP contribution in [0.1, 0.15) is 0 Å². The zero-order valence-corrected chi connectivity index (χ0v) is 15.6. The number of hydrogen-bond acceptors (Lipinski definition) is 5. The van der Waals surface area contributed by atoms with Crippen molar-refractivity contribution < 1.29 is 16.8 Å². The first-order valence-corrected chi connectivity index (χ1v) is 11.1. The van der Waals surface area contributed by atoms with Gasteiger partial charge in [0.05, 0.1) is 9.79 Å². The Kier molecular flexibility index (Phi) is 6.29. The van der Waals surface area contributed by atoms with E-state index in [9.17, 15) is 16.8 Å². The maximum atomic E-state index is 12.2. The lowest BCUT2D eigenvalue weighted by atomic mass is 10.4. The third-order valence-electron chi connectivity index (χ3n) is 2.92. The minimum absolute atomic E-state index is 0.148. The number of benzene rings is 2. The highest BCUT2D eigenvalue weighted by Crippen LogP contribution is 2.20. The second-order valence-corrected chi connectivity index (χ2v) is 9.65. The molecule has 0 atom stereocenters. The first-order valence-electron chi connectivity index (χ1n) is 6.69. The van der Waals surface area contributed by atoms with Gasteiger partial charge in [0.1, 0.15) is 0 Å². The molecule has 24 heavy (non-hydrogen) atoms. The normalized spacial score (nSPS) is 12.2. The minimum Gasteiger partial charge on any atom is -0.225 e. The fourth-order valence-electron chi connectivity index (χ4n) is 1.78. The van der Waals surface area contributed by atoms with Gasteiger partial charge in [-0.05, 0) is 42.5 Å². The van der Waals surface area contributed by atoms with Gasteiger partial charge in [0.2, 0.25) is 20.0 Å². The van der Waals surface area contributed by atoms with Crippen LogP contribution >= 0.6 is 23.4 Å². The van der Waals surface area contributed by atoms with E-state index in [1.807, 2.05) is 12.1 Å². The third kappa shape index (κ3) is 5.47. The highest BCUT2D eigenvalue weighted by molar-refractivity contribution is 7.99. The molecule has 0 aliphatic rings. The summed E-state index contributed by atoms with van der Waals surface area (Å²) >= 11 is 7.26. The number of primary sulfonamides is 1. The van der Waals surface area contributed by atoms with Crippen LogP contribution in [0.4, 0.5) is 0 Å². The molecule has 2 aromatic carbocycles. The van der Waals surface area contributed by atoms with Crippen molar-refractivity contribution in [2.24, 2.45) is 5.14 Å². The van der Waals surface area contributed by atoms with Gasteiger partial charge >= 0.3 is 0 Å². The van der Waals surface area contributed by atoms with Gasteiger partial charge in [-0.15, -0.1) is 11.8 Å². The number of hydrogen-bond donors (Lipinski definition) is 2. The molecule has 0 heterocycles. The maximum Gasteiger partial charge on any atom is 0.240 e. The van der Waals surface area contributed by atoms with Crippen LogP contribution in [0.2, 0.25) is 5.02 Å². The Bertz CT molecular complexity index is 913. The van der Waals surface area contributed by atoms with E-state index in [1.54, 1.807) is 12.1 Å². The standard InChI is InChI=1S/C14H15ClN2O4S3/c15-11-4-6-12(7-5-11)22-9-8-17-24(20,21)14-3-1-2-13(10-14)23(16,18)19/h1-7,10,17H,8-9H2,(H2,16,18,19). The number of rotatable bonds is 7. The van der Waals surface area contributed by atoms with Crippen LogP contribution in [0.15, 0.2) is 63.2 Å². The largest absolute Gasteiger partial charge is 0.240 e. The van der Waals surface area contributed by atoms with Gasteiger partial charge in [0.15, 0.2) is 0 Å². The quantitative estimate of drug-likeness (QED) is 0.540. The molecule has 0 aliphatic heterocycles. The Morgan fingerprint density at radius 2 is 1.62 bits per heavy atom. The lowest BCUT2D eigenvalue weighted by Gasteiger charge is -2.08. The van der Waals surface area contributed by atoms with Crippen molar-refractivity contribution in [3.05, 3.63) is 53.6 Å². The number of sulfonamides is 2. The molecular formula is C14H15ClN2O4S3. The molecule has 10 heteroatoms. The SMILES string of the molecule is NS(=O)(=O)c1cccc(S(=O)(=O)NCCSc2ccc(Cl)cc2)c1. The molecule has 0 aromatic heterocycles. The predicted molar refractivity (Wildman–Crippen MR) is 95.2 cm³/mol. The first kappa shape index (κ1) is 19.2. The van der Waals surface area contributed by atoms with Gasteiger partial charge in [0.25, 0.3) is 0 Å². The van der Waals surface area contributed by atoms with Gasteiger partial charge in [-0.2, -0.15) is 0 Å². The summed E-state index contributed by atoms with van der Waals surface area (Å²) in [4.78, 5) is 0.571. The molecule has 0 spiro atoms. The fourth-order valence-corrected chi connectivity index (χ4v) is 4.51. The van der Waals surface area contributed by atoms with Crippen LogP contribution in [0.25, 0.3) is 0 Å². The van der Waals surface area contributed by atoms with Crippen LogP contribution in [-0.2, 0) is 20.0 Å². The van der Waals surface area contributed by atoms with Crippen molar-refractivity contribution in [1.29, 1.82) is 0 Å². The van der Waals surface area contributed by atoms with E-state index in [-0.39, 0.29) is 16.3 Å². The number of thioether (sulfide) groups is 1. The Morgan fingerprint density at radius 1 is 1.00 bits per heavy atom. The molecule has 0 saturated heterocycles. The van der Waals surface area contributed by atoms with E-state index in [2.05, 4.69) is 4.72 Å². The third-order valence-corrected chi connectivity index (χ3v) is 6.56. The molecule has 0 amide bonds. The Labute approximate surface area is 150 Å². The maximum absolute atomic E-state index is 12.2. The molecule has 0 bridgehead atoms. The highest BCUT2D eigenvalue weighted by atomic mass is 35.5. The summed E-state index contributed by atoms with van der Waals surface area (Å²) < 4.78 is 49.4. The lowest BCUT2D eigenvalue weighted by Crippen LogP contribution is -2.26. The highest BCUT2D eigenvalue weighted by Gasteiger charge is 2.16. The number of halogens is 1. The molecule has 2 aromatic rings. The van der Waals surface area contributed by atoms with Crippen LogP contribution in [0.5, 0.6) is 0 Å². The average molecular weight is 407 g/mol. The summed E-state index contributed by atoms with van der Waals surface area (Å²) in [6, 6.07) is 12.1. The van der Waals surface area contributed by atoms with E-state index in [0.717, 1.165) is 11.0 Å². The lowest BCUT2D eigenvalue weighted by molar-refractivity contribution is 0.584. The first-order chi connectivity index (χ1) is 11.2. The average Bonchev–Trinajstić information content (AvgIpc) is 2.53. The van der Waals surface area contributed by atoms with Crippen molar-refractivity contribution in [2.75, 3.05) is 12.3 Å². The van der Waals surface area contributed by atoms with E-state index >= 15 is 0 Å². The molecule has 130 valence electrons. The summed E-state index contributed by atoms with van der Waals surface area (Å²) in [5.41, 5.74) is 0. The van der Waals surface area contributed by atoms with Crippen molar-refractivity contribution in [3.63, 3.8) is 0 Å². The predicted octanol–water partition coefficient (Wildman–Crippen LogP) is 2.06. The number of nitrogens with two attached hydrogens (primary N) is 1. The van der Waals surface area contributed by atoms with Gasteiger partial charge < -0.3 is 0 Å². The second-order valence-electron chi connectivity index (χ2n) is 4.72. The van der Waals surface area contributed by atoms with Gasteiger partial charge in [-0.1, -0.05) is 17.7 Å². The monoisotopic (exact) mass is 406 g/mol. The van der Waals surface area contributed by atoms with Crippen molar-refractivity contribution in [1.82, 2.24) is 4.72 Å². The molecule has 0 fully saturated rings. The molecule has 0 radical (unpaired) electrons. The van der Waals surface area contributed by atoms with E-state index < -0.39 is 20.0 Å². The summed E-state index contributed by atoms with van der Waals surface area (Å²) in [6.07, 6.45) is 0. The van der Waals surface area contributed by atoms with E-state index in [1.165, 1.54) is 30.0 Å². The Morgan fingerprint density at radius 3 is 2.25 bits per heavy atom. The smallest absolute Gasteiger partial charge is 0.225 e. The molecule has 6 nitrogen and oxygen atoms in total. The summed E-state index contributed by atoms with van der Waals surface area (Å²) in [7, 11) is -7.77. The topological polar surface area (TPSA) is 106 Å². The fraction of sp³-hybridized carbons (Fsp3) is 0.143. The number of nitrogens with one attached hydrogen (secondary N) is 1. The molecule has 2 rings (SSSR count). The van der Waals surface area contributed by atoms with Crippen LogP contribution < -0.4 is 9.86 Å². The van der Waals surface area contributed by atoms with Crippen molar-refractivity contribution >= 4 is 43.4 Å². The zero-order valence-electron chi connectivity index (χ0n) is 12.3. The molecule has 0 saturated carbocycles. The van der Waals surface area contributed by atoms with Gasteiger partial charge in [0, 0.05) is 22.2 Å². The van der Waals surface area contributed by atoms with Crippen LogP contribution in [0, 0.1) is 0 Å². The second kappa shape index (κ2) is 7.85. The molecule has 0 aliphatic carbocycles. The Hall–Kier alpha value is -1.10. The summed E-state index contributed by atoms with van der Waals surface area (Å²) in [5, 5.41) is 5.64. The van der Waals surface area contributed by atoms with Crippen LogP contribution in [-0.4, -0.2) is 29.1 Å². The molecule has 0 unspecified atom stereocenters. The Balaban J connectivity index is 1.97. The van der Waals surface area contributed by atoms with Crippen LogP contribution in [0.3, 0.4) is 0 Å². The zero-order chi connectivity index (χ0) is 17.8. The molecule has 3 N–H and O–H groups in total. The summed E-state index contributed by atoms with van der Waals surface area (Å²) in [6.45, 7) is 0.190. The summed E-state index contributed by atoms with van der Waals surface area (Å²) in [5.74, 6) is 0.510. The van der Waals surface area contributed by atoms with E-state index in [0.29, 0.717) is 10.8 Å². The minimum atomic E-state index is -3.96. The van der Waals surface area contributed by atoms with Crippen molar-refractivity contribution in [2.45, 2.75) is 14.7 Å². The van der Waals surface area contributed by atoms with Gasteiger partial charge in [-0.25, -0.2) is 26.7 Å².